The molecule has 1 atom stereocenters. The fraction of sp³-hybridized carbons (Fsp3) is 0.300. The number of carbonyl (C=O) groups is 1. The molecule has 0 saturated carbocycles. The summed E-state index contributed by atoms with van der Waals surface area (Å²) in [5.41, 5.74) is 3.06. The minimum atomic E-state index is -0.0878. The van der Waals surface area contributed by atoms with Crippen molar-refractivity contribution in [3.63, 3.8) is 0 Å². The Labute approximate surface area is 142 Å². The van der Waals surface area contributed by atoms with Gasteiger partial charge in [-0.2, -0.15) is 5.10 Å². The van der Waals surface area contributed by atoms with Gasteiger partial charge in [0.25, 0.3) is 0 Å². The van der Waals surface area contributed by atoms with Crippen LogP contribution in [0, 0.1) is 5.92 Å². The van der Waals surface area contributed by atoms with Gasteiger partial charge in [-0.3, -0.25) is 4.79 Å². The predicted octanol–water partition coefficient (Wildman–Crippen LogP) is 4.03. The van der Waals surface area contributed by atoms with Gasteiger partial charge in [0.2, 0.25) is 5.91 Å². The van der Waals surface area contributed by atoms with Crippen LogP contribution in [-0.4, -0.2) is 23.7 Å². The molecule has 1 heterocycles. The lowest BCUT2D eigenvalue weighted by atomic mass is 9.98. The van der Waals surface area contributed by atoms with Crippen LogP contribution in [0.5, 0.6) is 5.75 Å². The van der Waals surface area contributed by atoms with Gasteiger partial charge in [-0.05, 0) is 35.4 Å². The number of ether oxygens (including phenoxy) is 1. The topological polar surface area (TPSA) is 41.9 Å². The van der Waals surface area contributed by atoms with Crippen molar-refractivity contribution in [2.24, 2.45) is 11.0 Å². The fourth-order valence-electron chi connectivity index (χ4n) is 2.87. The Balaban J connectivity index is 1.93. The lowest BCUT2D eigenvalue weighted by molar-refractivity contribution is -0.136. The van der Waals surface area contributed by atoms with Gasteiger partial charge in [0, 0.05) is 12.3 Å². The van der Waals surface area contributed by atoms with Crippen molar-refractivity contribution in [3.05, 3.63) is 65.7 Å². The average molecular weight is 322 g/mol. The third kappa shape index (κ3) is 3.18. The molecule has 2 aromatic carbocycles. The molecule has 0 aliphatic carbocycles. The molecule has 0 aromatic heterocycles. The zero-order valence-corrected chi connectivity index (χ0v) is 14.3. The van der Waals surface area contributed by atoms with E-state index in [4.69, 9.17) is 4.74 Å². The monoisotopic (exact) mass is 322 g/mol. The molecule has 3 rings (SSSR count). The second-order valence-electron chi connectivity index (χ2n) is 6.24. The van der Waals surface area contributed by atoms with Crippen LogP contribution in [0.15, 0.2) is 59.7 Å². The molecular formula is C20H22N2O2. The fourth-order valence-corrected chi connectivity index (χ4v) is 2.87. The Morgan fingerprint density at radius 1 is 1.12 bits per heavy atom. The zero-order valence-electron chi connectivity index (χ0n) is 14.3. The van der Waals surface area contributed by atoms with Crippen LogP contribution in [0.25, 0.3) is 0 Å². The van der Waals surface area contributed by atoms with Crippen molar-refractivity contribution in [3.8, 4) is 5.75 Å². The molecule has 124 valence electrons. The summed E-state index contributed by atoms with van der Waals surface area (Å²) in [5.74, 6) is 0.773. The first-order valence-corrected chi connectivity index (χ1v) is 8.20. The number of amides is 1. The second kappa shape index (κ2) is 6.87. The summed E-state index contributed by atoms with van der Waals surface area (Å²) in [6.07, 6.45) is 0.717. The van der Waals surface area contributed by atoms with Crippen molar-refractivity contribution in [2.75, 3.05) is 7.11 Å². The molecular weight excluding hydrogens is 300 g/mol. The van der Waals surface area contributed by atoms with Gasteiger partial charge in [-0.15, -0.1) is 0 Å². The quantitative estimate of drug-likeness (QED) is 0.853. The van der Waals surface area contributed by atoms with E-state index in [1.165, 1.54) is 0 Å². The minimum absolute atomic E-state index is 0.0433. The van der Waals surface area contributed by atoms with E-state index in [1.54, 1.807) is 12.1 Å². The molecule has 0 saturated heterocycles. The van der Waals surface area contributed by atoms with Crippen LogP contribution in [-0.2, 0) is 4.79 Å². The molecule has 0 unspecified atom stereocenters. The number of benzene rings is 2. The molecule has 0 radical (unpaired) electrons. The number of hydrazone groups is 1. The lowest BCUT2D eigenvalue weighted by Gasteiger charge is -2.23. The Bertz CT molecular complexity index is 736. The van der Waals surface area contributed by atoms with Crippen molar-refractivity contribution in [1.29, 1.82) is 0 Å². The molecule has 2 aromatic rings. The standard InChI is InChI=1S/C20H22N2O2/c1-14(2)20(23)22-19(16-7-5-4-6-8-16)13-18(21-22)15-9-11-17(24-3)12-10-15/h4-12,14,19H,13H2,1-3H3/t19-/m0/s1. The summed E-state index contributed by atoms with van der Waals surface area (Å²) in [5, 5.41) is 6.30. The van der Waals surface area contributed by atoms with E-state index in [0.29, 0.717) is 0 Å². The number of carbonyl (C=O) groups excluding carboxylic acids is 1. The summed E-state index contributed by atoms with van der Waals surface area (Å²) in [6.45, 7) is 3.82. The summed E-state index contributed by atoms with van der Waals surface area (Å²) < 4.78 is 5.21. The molecule has 0 bridgehead atoms. The van der Waals surface area contributed by atoms with E-state index < -0.39 is 0 Å². The summed E-state index contributed by atoms with van der Waals surface area (Å²) in [6, 6.07) is 17.9. The molecule has 4 heteroatoms. The maximum absolute atomic E-state index is 12.6. The van der Waals surface area contributed by atoms with Gasteiger partial charge in [-0.25, -0.2) is 5.01 Å². The molecule has 4 nitrogen and oxygen atoms in total. The normalized spacial score (nSPS) is 17.1. The lowest BCUT2D eigenvalue weighted by Crippen LogP contribution is -2.30. The van der Waals surface area contributed by atoms with E-state index in [-0.39, 0.29) is 17.9 Å². The van der Waals surface area contributed by atoms with Gasteiger partial charge in [0.15, 0.2) is 0 Å². The minimum Gasteiger partial charge on any atom is -0.497 e. The number of nitrogens with zero attached hydrogens (tertiary/aromatic N) is 2. The van der Waals surface area contributed by atoms with E-state index in [9.17, 15) is 4.79 Å². The summed E-state index contributed by atoms with van der Waals surface area (Å²) in [4.78, 5) is 12.6. The van der Waals surface area contributed by atoms with Crippen LogP contribution in [0.1, 0.15) is 37.4 Å². The molecule has 0 N–H and O–H groups in total. The Morgan fingerprint density at radius 3 is 2.38 bits per heavy atom. The number of rotatable bonds is 4. The Hall–Kier alpha value is -2.62. The second-order valence-corrected chi connectivity index (χ2v) is 6.24. The molecule has 0 spiro atoms. The zero-order chi connectivity index (χ0) is 17.1. The van der Waals surface area contributed by atoms with Gasteiger partial charge in [0.1, 0.15) is 5.75 Å². The average Bonchev–Trinajstić information content (AvgIpc) is 3.07. The molecule has 1 aliphatic heterocycles. The van der Waals surface area contributed by atoms with Crippen molar-refractivity contribution < 1.29 is 9.53 Å². The number of methoxy groups -OCH3 is 1. The molecule has 1 amide bonds. The highest BCUT2D eigenvalue weighted by Gasteiger charge is 2.33. The smallest absolute Gasteiger partial charge is 0.245 e. The first-order chi connectivity index (χ1) is 11.6. The van der Waals surface area contributed by atoms with Crippen LogP contribution in [0.3, 0.4) is 0 Å². The maximum Gasteiger partial charge on any atom is 0.245 e. The summed E-state index contributed by atoms with van der Waals surface area (Å²) in [7, 11) is 1.65. The van der Waals surface area contributed by atoms with Crippen molar-refractivity contribution in [1.82, 2.24) is 5.01 Å². The van der Waals surface area contributed by atoms with Crippen molar-refractivity contribution in [2.45, 2.75) is 26.3 Å². The summed E-state index contributed by atoms with van der Waals surface area (Å²) >= 11 is 0. The van der Waals surface area contributed by atoms with Crippen molar-refractivity contribution >= 4 is 11.6 Å². The van der Waals surface area contributed by atoms with E-state index in [1.807, 2.05) is 56.3 Å². The number of hydrogen-bond donors (Lipinski definition) is 0. The van der Waals surface area contributed by atoms with E-state index in [0.717, 1.165) is 29.0 Å². The van der Waals surface area contributed by atoms with Crippen LogP contribution in [0.2, 0.25) is 0 Å². The largest absolute Gasteiger partial charge is 0.497 e. The van der Waals surface area contributed by atoms with Crippen LogP contribution >= 0.6 is 0 Å². The maximum atomic E-state index is 12.6. The number of hydrogen-bond acceptors (Lipinski definition) is 3. The SMILES string of the molecule is COc1ccc(C2=NN(C(=O)C(C)C)[C@H](c3ccccc3)C2)cc1. The predicted molar refractivity (Wildman–Crippen MR) is 95.0 cm³/mol. The van der Waals surface area contributed by atoms with Gasteiger partial charge >= 0.3 is 0 Å². The third-order valence-corrected chi connectivity index (χ3v) is 4.24. The van der Waals surface area contributed by atoms with Gasteiger partial charge in [-0.1, -0.05) is 44.2 Å². The van der Waals surface area contributed by atoms with E-state index in [2.05, 4.69) is 17.2 Å². The third-order valence-electron chi connectivity index (χ3n) is 4.24. The highest BCUT2D eigenvalue weighted by molar-refractivity contribution is 6.03. The Morgan fingerprint density at radius 2 is 1.79 bits per heavy atom. The Kier molecular flexibility index (Phi) is 4.65. The van der Waals surface area contributed by atoms with Crippen LogP contribution < -0.4 is 4.74 Å². The highest BCUT2D eigenvalue weighted by atomic mass is 16.5. The van der Waals surface area contributed by atoms with E-state index >= 15 is 0 Å². The van der Waals surface area contributed by atoms with Crippen LogP contribution in [0.4, 0.5) is 0 Å². The molecule has 1 aliphatic rings. The first kappa shape index (κ1) is 16.2. The van der Waals surface area contributed by atoms with Gasteiger partial charge < -0.3 is 4.74 Å². The highest BCUT2D eigenvalue weighted by Crippen LogP contribution is 2.33. The molecule has 0 fully saturated rings. The van der Waals surface area contributed by atoms with Gasteiger partial charge in [0.05, 0.1) is 18.9 Å². The molecule has 24 heavy (non-hydrogen) atoms. The first-order valence-electron chi connectivity index (χ1n) is 8.20.